The van der Waals surface area contributed by atoms with Crippen LogP contribution < -0.4 is 0 Å². The van der Waals surface area contributed by atoms with Gasteiger partial charge in [-0.3, -0.25) is 0 Å². The molecule has 0 saturated heterocycles. The van der Waals surface area contributed by atoms with Crippen molar-refractivity contribution in [2.75, 3.05) is 0 Å². The van der Waals surface area contributed by atoms with E-state index < -0.39 is 0 Å². The number of hydrogen-bond acceptors (Lipinski definition) is 0. The minimum Gasteiger partial charge on any atom is -0.0683 e. The highest BCUT2D eigenvalue weighted by atomic mass is 79.9. The van der Waals surface area contributed by atoms with Gasteiger partial charge < -0.3 is 0 Å². The third kappa shape index (κ3) is 3.13. The largest absolute Gasteiger partial charge is 0.0683 e. The Labute approximate surface area is 96.9 Å². The molecule has 80 valence electrons. The summed E-state index contributed by atoms with van der Waals surface area (Å²) in [4.78, 5) is 0. The van der Waals surface area contributed by atoms with Crippen LogP contribution >= 0.6 is 15.9 Å². The van der Waals surface area contributed by atoms with Gasteiger partial charge in [-0.1, -0.05) is 49.7 Å². The summed E-state index contributed by atoms with van der Waals surface area (Å²) < 4.78 is 1.26. The normalized spacial score (nSPS) is 9.29. The lowest BCUT2D eigenvalue weighted by molar-refractivity contribution is 1.01. The van der Waals surface area contributed by atoms with Crippen molar-refractivity contribution in [1.82, 2.24) is 0 Å². The molecule has 0 bridgehead atoms. The molecule has 0 aliphatic carbocycles. The SMILES string of the molecule is CC.CCc1c(C)ccc(Br)c1CC. The molecule has 1 aromatic rings. The van der Waals surface area contributed by atoms with E-state index in [-0.39, 0.29) is 0 Å². The topological polar surface area (TPSA) is 0 Å². The van der Waals surface area contributed by atoms with Crippen LogP contribution in [0.3, 0.4) is 0 Å². The second kappa shape index (κ2) is 7.05. The Morgan fingerprint density at radius 1 is 1.00 bits per heavy atom. The van der Waals surface area contributed by atoms with Gasteiger partial charge in [0.15, 0.2) is 0 Å². The van der Waals surface area contributed by atoms with E-state index in [4.69, 9.17) is 0 Å². The highest BCUT2D eigenvalue weighted by Crippen LogP contribution is 2.24. The molecule has 0 nitrogen and oxygen atoms in total. The van der Waals surface area contributed by atoms with Crippen molar-refractivity contribution in [3.63, 3.8) is 0 Å². The quantitative estimate of drug-likeness (QED) is 0.706. The second-order valence-electron chi connectivity index (χ2n) is 3.03. The van der Waals surface area contributed by atoms with E-state index in [0.29, 0.717) is 0 Å². The van der Waals surface area contributed by atoms with Crippen molar-refractivity contribution in [2.24, 2.45) is 0 Å². The lowest BCUT2D eigenvalue weighted by Crippen LogP contribution is -1.95. The standard InChI is InChI=1S/C11H15Br.C2H6/c1-4-9-8(3)6-7-11(12)10(9)5-2;1-2/h6-7H,4-5H2,1-3H3;1-2H3. The molecule has 0 atom stereocenters. The van der Waals surface area contributed by atoms with Gasteiger partial charge in [-0.2, -0.15) is 0 Å². The van der Waals surface area contributed by atoms with E-state index in [9.17, 15) is 0 Å². The molecule has 0 aliphatic rings. The fourth-order valence-corrected chi connectivity index (χ4v) is 2.31. The zero-order chi connectivity index (χ0) is 11.1. The van der Waals surface area contributed by atoms with Crippen molar-refractivity contribution in [3.8, 4) is 0 Å². The average Bonchev–Trinajstić information content (AvgIpc) is 2.24. The summed E-state index contributed by atoms with van der Waals surface area (Å²) in [5.41, 5.74) is 4.39. The van der Waals surface area contributed by atoms with Crippen molar-refractivity contribution in [2.45, 2.75) is 47.5 Å². The summed E-state index contributed by atoms with van der Waals surface area (Å²) in [7, 11) is 0. The summed E-state index contributed by atoms with van der Waals surface area (Å²) >= 11 is 3.58. The van der Waals surface area contributed by atoms with Crippen LogP contribution in [0.4, 0.5) is 0 Å². The lowest BCUT2D eigenvalue weighted by Gasteiger charge is -2.11. The van der Waals surface area contributed by atoms with Gasteiger partial charge in [0.25, 0.3) is 0 Å². The highest BCUT2D eigenvalue weighted by Gasteiger charge is 2.05. The first-order valence-electron chi connectivity index (χ1n) is 5.47. The zero-order valence-electron chi connectivity index (χ0n) is 9.95. The van der Waals surface area contributed by atoms with Gasteiger partial charge in [0.1, 0.15) is 0 Å². The van der Waals surface area contributed by atoms with Gasteiger partial charge in [0.2, 0.25) is 0 Å². The Morgan fingerprint density at radius 3 is 1.86 bits per heavy atom. The molecular formula is C13H21Br. The maximum Gasteiger partial charge on any atom is 0.0210 e. The van der Waals surface area contributed by atoms with Crippen molar-refractivity contribution in [1.29, 1.82) is 0 Å². The molecule has 0 saturated carbocycles. The molecule has 0 unspecified atom stereocenters. The van der Waals surface area contributed by atoms with Crippen LogP contribution in [-0.2, 0) is 12.8 Å². The second-order valence-corrected chi connectivity index (χ2v) is 3.88. The van der Waals surface area contributed by atoms with Gasteiger partial charge in [-0.05, 0) is 42.5 Å². The number of halogens is 1. The van der Waals surface area contributed by atoms with Crippen molar-refractivity contribution < 1.29 is 0 Å². The van der Waals surface area contributed by atoms with Gasteiger partial charge in [0, 0.05) is 4.47 Å². The van der Waals surface area contributed by atoms with Gasteiger partial charge in [0.05, 0.1) is 0 Å². The number of benzene rings is 1. The Kier molecular flexibility index (Phi) is 6.90. The maximum absolute atomic E-state index is 3.58. The summed E-state index contributed by atoms with van der Waals surface area (Å²) in [6.07, 6.45) is 2.25. The molecule has 0 fully saturated rings. The smallest absolute Gasteiger partial charge is 0.0210 e. The molecule has 0 spiro atoms. The van der Waals surface area contributed by atoms with Crippen LogP contribution in [0.1, 0.15) is 44.4 Å². The van der Waals surface area contributed by atoms with Crippen LogP contribution in [0, 0.1) is 6.92 Å². The predicted molar refractivity (Wildman–Crippen MR) is 69.0 cm³/mol. The minimum absolute atomic E-state index is 1.12. The van der Waals surface area contributed by atoms with E-state index in [2.05, 4.69) is 48.8 Å². The molecule has 0 radical (unpaired) electrons. The summed E-state index contributed by atoms with van der Waals surface area (Å²) in [6.45, 7) is 10.6. The van der Waals surface area contributed by atoms with Crippen LogP contribution in [-0.4, -0.2) is 0 Å². The monoisotopic (exact) mass is 256 g/mol. The fourth-order valence-electron chi connectivity index (χ4n) is 1.66. The average molecular weight is 257 g/mol. The first kappa shape index (κ1) is 13.7. The van der Waals surface area contributed by atoms with Crippen LogP contribution in [0.15, 0.2) is 16.6 Å². The van der Waals surface area contributed by atoms with Crippen LogP contribution in [0.2, 0.25) is 0 Å². The molecule has 0 aliphatic heterocycles. The highest BCUT2D eigenvalue weighted by molar-refractivity contribution is 9.10. The third-order valence-corrected chi connectivity index (χ3v) is 3.06. The minimum atomic E-state index is 1.12. The van der Waals surface area contributed by atoms with E-state index in [1.165, 1.54) is 21.2 Å². The molecule has 0 N–H and O–H groups in total. The molecule has 1 rings (SSSR count). The van der Waals surface area contributed by atoms with Gasteiger partial charge >= 0.3 is 0 Å². The van der Waals surface area contributed by atoms with Crippen LogP contribution in [0.25, 0.3) is 0 Å². The first-order valence-corrected chi connectivity index (χ1v) is 6.26. The van der Waals surface area contributed by atoms with Crippen molar-refractivity contribution in [3.05, 3.63) is 33.3 Å². The molecule has 0 heterocycles. The summed E-state index contributed by atoms with van der Waals surface area (Å²) in [6, 6.07) is 4.33. The first-order chi connectivity index (χ1) is 6.70. The zero-order valence-corrected chi connectivity index (χ0v) is 11.5. The summed E-state index contributed by atoms with van der Waals surface area (Å²) in [5.74, 6) is 0. The van der Waals surface area contributed by atoms with Gasteiger partial charge in [-0.25, -0.2) is 0 Å². The Bertz CT molecular complexity index is 248. The molecule has 1 heteroatoms. The molecule has 14 heavy (non-hydrogen) atoms. The Morgan fingerprint density at radius 2 is 1.50 bits per heavy atom. The van der Waals surface area contributed by atoms with E-state index >= 15 is 0 Å². The van der Waals surface area contributed by atoms with E-state index in [0.717, 1.165) is 12.8 Å². The lowest BCUT2D eigenvalue weighted by atomic mass is 9.98. The maximum atomic E-state index is 3.58. The summed E-state index contributed by atoms with van der Waals surface area (Å²) in [5, 5.41) is 0. The Hall–Kier alpha value is -0.300. The predicted octanol–water partition coefficient (Wildman–Crippen LogP) is 4.91. The number of rotatable bonds is 2. The van der Waals surface area contributed by atoms with Crippen molar-refractivity contribution >= 4 is 15.9 Å². The van der Waals surface area contributed by atoms with Gasteiger partial charge in [-0.15, -0.1) is 0 Å². The third-order valence-electron chi connectivity index (χ3n) is 2.32. The van der Waals surface area contributed by atoms with E-state index in [1.54, 1.807) is 0 Å². The number of aryl methyl sites for hydroxylation is 1. The number of hydrogen-bond donors (Lipinski definition) is 0. The molecular weight excluding hydrogens is 236 g/mol. The van der Waals surface area contributed by atoms with E-state index in [1.807, 2.05) is 13.8 Å². The molecule has 0 amide bonds. The Balaban J connectivity index is 0.000000791. The van der Waals surface area contributed by atoms with Crippen LogP contribution in [0.5, 0.6) is 0 Å². The molecule has 1 aromatic carbocycles. The molecule has 0 aromatic heterocycles. The fraction of sp³-hybridized carbons (Fsp3) is 0.538.